The molecular weight excluding hydrogens is 494 g/mol. The highest BCUT2D eigenvalue weighted by atomic mass is 16.5. The highest BCUT2D eigenvalue weighted by Gasteiger charge is 2.29. The second-order valence-electron chi connectivity index (χ2n) is 11.6. The van der Waals surface area contributed by atoms with Gasteiger partial charge in [-0.1, -0.05) is 12.1 Å². The van der Waals surface area contributed by atoms with Crippen molar-refractivity contribution in [3.63, 3.8) is 0 Å². The van der Waals surface area contributed by atoms with Crippen molar-refractivity contribution in [3.05, 3.63) is 63.6 Å². The largest absolute Gasteiger partial charge is 0.493 e. The molecule has 5 rings (SSSR count). The van der Waals surface area contributed by atoms with Gasteiger partial charge in [-0.15, -0.1) is 0 Å². The van der Waals surface area contributed by atoms with Crippen molar-refractivity contribution < 1.29 is 24.1 Å². The van der Waals surface area contributed by atoms with Crippen LogP contribution in [0.3, 0.4) is 0 Å². The Morgan fingerprint density at radius 2 is 1.92 bits per heavy atom. The smallest absolute Gasteiger partial charge is 0.309 e. The summed E-state index contributed by atoms with van der Waals surface area (Å²) in [6.45, 7) is 9.19. The van der Waals surface area contributed by atoms with E-state index in [0.29, 0.717) is 47.3 Å². The first kappa shape index (κ1) is 26.9. The Bertz CT molecular complexity index is 1480. The summed E-state index contributed by atoms with van der Waals surface area (Å²) in [4.78, 5) is 25.8. The summed E-state index contributed by atoms with van der Waals surface area (Å²) in [5, 5.41) is 9.84. The van der Waals surface area contributed by atoms with E-state index >= 15 is 0 Å². The number of ether oxygens (including phenoxy) is 3. The number of carboxylic acid groups (broad SMARTS) is 1. The Morgan fingerprint density at radius 3 is 2.62 bits per heavy atom. The van der Waals surface area contributed by atoms with Gasteiger partial charge < -0.3 is 23.9 Å². The van der Waals surface area contributed by atoms with Gasteiger partial charge in [0, 0.05) is 29.4 Å². The Kier molecular flexibility index (Phi) is 7.19. The zero-order chi connectivity index (χ0) is 27.9. The quantitative estimate of drug-likeness (QED) is 0.387. The third-order valence-electron chi connectivity index (χ3n) is 7.31. The van der Waals surface area contributed by atoms with Gasteiger partial charge in [-0.2, -0.15) is 0 Å². The van der Waals surface area contributed by atoms with E-state index in [2.05, 4.69) is 0 Å². The number of carbonyl (C=O) groups is 1. The molecular formula is C32H37NO6. The van der Waals surface area contributed by atoms with Crippen LogP contribution in [0.5, 0.6) is 17.2 Å². The van der Waals surface area contributed by atoms with Crippen LogP contribution < -0.4 is 19.8 Å². The van der Waals surface area contributed by atoms with Gasteiger partial charge in [-0.3, -0.25) is 9.59 Å². The zero-order valence-electron chi connectivity index (χ0n) is 23.4. The molecule has 0 atom stereocenters. The fourth-order valence-corrected chi connectivity index (χ4v) is 5.28. The molecule has 1 aliphatic carbocycles. The minimum absolute atomic E-state index is 0.244. The zero-order valence-corrected chi connectivity index (χ0v) is 23.4. The molecule has 2 aliphatic rings. The number of carboxylic acids is 1. The van der Waals surface area contributed by atoms with Crippen LogP contribution in [-0.4, -0.2) is 34.5 Å². The molecule has 1 N–H and O–H groups in total. The van der Waals surface area contributed by atoms with E-state index in [4.69, 9.17) is 14.2 Å². The number of aromatic nitrogens is 1. The van der Waals surface area contributed by atoms with E-state index in [1.165, 1.54) is 17.4 Å². The molecule has 0 spiro atoms. The van der Waals surface area contributed by atoms with Crippen molar-refractivity contribution in [1.82, 2.24) is 4.57 Å². The van der Waals surface area contributed by atoms with Crippen LogP contribution in [-0.2, 0) is 24.7 Å². The summed E-state index contributed by atoms with van der Waals surface area (Å²) in [5.41, 5.74) is 4.10. The first-order valence-corrected chi connectivity index (χ1v) is 13.7. The maximum absolute atomic E-state index is 13.8. The van der Waals surface area contributed by atoms with Gasteiger partial charge in [0.1, 0.15) is 22.8 Å². The summed E-state index contributed by atoms with van der Waals surface area (Å²) >= 11 is 0. The topological polar surface area (TPSA) is 87.0 Å². The van der Waals surface area contributed by atoms with E-state index in [9.17, 15) is 14.7 Å². The molecule has 1 saturated carbocycles. The molecule has 0 saturated heterocycles. The molecule has 1 aromatic heterocycles. The molecule has 3 aromatic rings. The predicted molar refractivity (Wildman–Crippen MR) is 151 cm³/mol. The van der Waals surface area contributed by atoms with Crippen molar-refractivity contribution >= 4 is 5.97 Å². The van der Waals surface area contributed by atoms with Crippen LogP contribution in [0.15, 0.2) is 41.2 Å². The van der Waals surface area contributed by atoms with Crippen LogP contribution in [0.25, 0.3) is 22.3 Å². The number of aliphatic carboxylic acids is 1. The fourth-order valence-electron chi connectivity index (χ4n) is 5.28. The van der Waals surface area contributed by atoms with Crippen molar-refractivity contribution in [2.75, 3.05) is 13.2 Å². The van der Waals surface area contributed by atoms with E-state index in [-0.39, 0.29) is 12.0 Å². The fraction of sp³-hybridized carbons (Fsp3) is 0.438. The molecule has 0 bridgehead atoms. The summed E-state index contributed by atoms with van der Waals surface area (Å²) in [5.74, 6) is 1.79. The van der Waals surface area contributed by atoms with Crippen molar-refractivity contribution in [2.24, 2.45) is 13.0 Å². The Hall–Kier alpha value is -3.74. The monoisotopic (exact) mass is 531 g/mol. The molecule has 1 aliphatic heterocycles. The maximum Gasteiger partial charge on any atom is 0.309 e. The van der Waals surface area contributed by atoms with Crippen molar-refractivity contribution in [3.8, 4) is 39.5 Å². The molecule has 206 valence electrons. The van der Waals surface area contributed by atoms with E-state index in [1.54, 1.807) is 7.05 Å². The number of pyridine rings is 1. The second kappa shape index (κ2) is 10.4. The lowest BCUT2D eigenvalue weighted by Gasteiger charge is -2.30. The molecule has 2 aromatic carbocycles. The number of hydrogen-bond acceptors (Lipinski definition) is 5. The molecule has 2 heterocycles. The van der Waals surface area contributed by atoms with Crippen LogP contribution in [0.1, 0.15) is 56.9 Å². The molecule has 39 heavy (non-hydrogen) atoms. The average Bonchev–Trinajstić information content (AvgIpc) is 3.71. The van der Waals surface area contributed by atoms with Crippen LogP contribution in [0.4, 0.5) is 0 Å². The number of fused-ring (bicyclic) bond motifs is 1. The van der Waals surface area contributed by atoms with E-state index in [1.807, 2.05) is 64.1 Å². The van der Waals surface area contributed by atoms with Gasteiger partial charge >= 0.3 is 5.97 Å². The number of benzene rings is 2. The third-order valence-corrected chi connectivity index (χ3v) is 7.31. The van der Waals surface area contributed by atoms with Crippen molar-refractivity contribution in [2.45, 2.75) is 65.4 Å². The van der Waals surface area contributed by atoms with Crippen LogP contribution in [0, 0.1) is 12.8 Å². The van der Waals surface area contributed by atoms with Crippen LogP contribution in [0.2, 0.25) is 0 Å². The number of nitrogens with zero attached hydrogens (tertiary/aromatic N) is 1. The number of rotatable bonds is 8. The first-order chi connectivity index (χ1) is 18.5. The summed E-state index contributed by atoms with van der Waals surface area (Å²) in [7, 11) is 1.65. The molecule has 0 radical (unpaired) electrons. The first-order valence-electron chi connectivity index (χ1n) is 13.7. The molecule has 0 amide bonds. The van der Waals surface area contributed by atoms with Crippen molar-refractivity contribution in [1.29, 1.82) is 0 Å². The lowest BCUT2D eigenvalue weighted by molar-refractivity contribution is -0.136. The third kappa shape index (κ3) is 5.68. The molecule has 1 fully saturated rings. The molecule has 7 heteroatoms. The van der Waals surface area contributed by atoms with E-state index in [0.717, 1.165) is 41.0 Å². The summed E-state index contributed by atoms with van der Waals surface area (Å²) in [6, 6.07) is 11.5. The maximum atomic E-state index is 13.8. The van der Waals surface area contributed by atoms with Gasteiger partial charge in [0.05, 0.1) is 25.2 Å². The lowest BCUT2D eigenvalue weighted by atomic mass is 9.88. The van der Waals surface area contributed by atoms with Gasteiger partial charge in [0.2, 0.25) is 0 Å². The Balaban J connectivity index is 1.75. The number of hydrogen-bond donors (Lipinski definition) is 1. The predicted octanol–water partition coefficient (Wildman–Crippen LogP) is 5.95. The minimum atomic E-state index is -1.01. The van der Waals surface area contributed by atoms with Crippen LogP contribution >= 0.6 is 0 Å². The Morgan fingerprint density at radius 1 is 1.15 bits per heavy atom. The Labute approximate surface area is 229 Å². The second-order valence-corrected chi connectivity index (χ2v) is 11.6. The van der Waals surface area contributed by atoms with Gasteiger partial charge in [0.15, 0.2) is 0 Å². The highest BCUT2D eigenvalue weighted by molar-refractivity contribution is 5.86. The SMILES string of the molecule is Cc1c(-c2ccc3c(c2OC(C)(C)C)CCCO3)c(CC(=O)O)n(C)c(=O)c1-c1cccc(OCC2CC2)c1. The molecule has 0 unspecified atom stereocenters. The standard InChI is InChI=1S/C32H37NO6/c1-19-28(21-8-6-9-22(16-21)38-18-20-11-12-20)31(36)33(5)25(17-27(34)35)29(19)24-13-14-26-23(10-7-15-37-26)30(24)39-32(2,3)4/h6,8-9,13-14,16,20H,7,10-12,15,17-18H2,1-5H3,(H,34,35). The van der Waals surface area contributed by atoms with E-state index < -0.39 is 11.6 Å². The van der Waals surface area contributed by atoms with Gasteiger partial charge in [-0.25, -0.2) is 0 Å². The highest BCUT2D eigenvalue weighted by Crippen LogP contribution is 2.45. The average molecular weight is 532 g/mol. The van der Waals surface area contributed by atoms with Gasteiger partial charge in [-0.05, 0) is 94.7 Å². The summed E-state index contributed by atoms with van der Waals surface area (Å²) in [6.07, 6.45) is 3.75. The lowest BCUT2D eigenvalue weighted by Crippen LogP contribution is -2.27. The van der Waals surface area contributed by atoms with Gasteiger partial charge in [0.25, 0.3) is 5.56 Å². The molecule has 7 nitrogen and oxygen atoms in total. The minimum Gasteiger partial charge on any atom is -0.493 e. The summed E-state index contributed by atoms with van der Waals surface area (Å²) < 4.78 is 20.0. The normalized spacial score (nSPS) is 14.9.